The third-order valence-corrected chi connectivity index (χ3v) is 6.14. The molecule has 3 aromatic carbocycles. The molecule has 0 spiro atoms. The minimum atomic E-state index is -3.70. The van der Waals surface area contributed by atoms with Crippen LogP contribution in [0.2, 0.25) is 5.02 Å². The van der Waals surface area contributed by atoms with Gasteiger partial charge in [0.25, 0.3) is 0 Å². The van der Waals surface area contributed by atoms with Crippen LogP contribution in [0, 0.1) is 0 Å². The van der Waals surface area contributed by atoms with Crippen molar-refractivity contribution in [3.8, 4) is 0 Å². The number of methoxy groups -OCH3 is 1. The highest BCUT2D eigenvalue weighted by atomic mass is 35.5. The predicted octanol–water partition coefficient (Wildman–Crippen LogP) is 4.26. The van der Waals surface area contributed by atoms with E-state index in [1.165, 1.54) is 31.4 Å². The number of hydrogen-bond donors (Lipinski definition) is 2. The molecule has 0 aliphatic rings. The molecular formula is C22H21ClN2O4S. The van der Waals surface area contributed by atoms with Crippen LogP contribution >= 0.6 is 11.6 Å². The van der Waals surface area contributed by atoms with Crippen LogP contribution in [0.15, 0.2) is 83.8 Å². The molecule has 0 aliphatic heterocycles. The zero-order valence-electron chi connectivity index (χ0n) is 16.2. The average Bonchev–Trinajstić information content (AvgIpc) is 2.77. The van der Waals surface area contributed by atoms with E-state index in [0.717, 1.165) is 11.3 Å². The van der Waals surface area contributed by atoms with E-state index in [9.17, 15) is 13.2 Å². The maximum atomic E-state index is 12.7. The Bertz CT molecular complexity index is 1090. The van der Waals surface area contributed by atoms with Gasteiger partial charge < -0.3 is 10.1 Å². The van der Waals surface area contributed by atoms with E-state index in [-0.39, 0.29) is 17.5 Å². The Balaban J connectivity index is 1.78. The molecule has 6 nitrogen and oxygen atoms in total. The first-order valence-electron chi connectivity index (χ1n) is 9.14. The van der Waals surface area contributed by atoms with E-state index in [4.69, 9.17) is 16.3 Å². The fourth-order valence-electron chi connectivity index (χ4n) is 2.85. The average molecular weight is 445 g/mol. The summed E-state index contributed by atoms with van der Waals surface area (Å²) in [4.78, 5) is 11.7. The van der Waals surface area contributed by atoms with Crippen molar-refractivity contribution < 1.29 is 17.9 Å². The van der Waals surface area contributed by atoms with Crippen molar-refractivity contribution in [2.24, 2.45) is 0 Å². The van der Waals surface area contributed by atoms with E-state index < -0.39 is 16.0 Å². The lowest BCUT2D eigenvalue weighted by Crippen LogP contribution is -2.31. The summed E-state index contributed by atoms with van der Waals surface area (Å²) in [5.74, 6) is -0.420. The predicted molar refractivity (Wildman–Crippen MR) is 117 cm³/mol. The van der Waals surface area contributed by atoms with Crippen LogP contribution in [0.3, 0.4) is 0 Å². The van der Waals surface area contributed by atoms with Gasteiger partial charge in [-0.1, -0.05) is 41.9 Å². The van der Waals surface area contributed by atoms with E-state index in [2.05, 4.69) is 10.0 Å². The fraction of sp³-hybridized carbons (Fsp3) is 0.136. The lowest BCUT2D eigenvalue weighted by atomic mass is 10.1. The summed E-state index contributed by atoms with van der Waals surface area (Å²) in [5.41, 5.74) is 2.08. The second-order valence-corrected chi connectivity index (χ2v) is 8.69. The molecule has 3 aromatic rings. The molecule has 0 radical (unpaired) electrons. The minimum absolute atomic E-state index is 0.119. The van der Waals surface area contributed by atoms with E-state index in [1.807, 2.05) is 30.3 Å². The van der Waals surface area contributed by atoms with Crippen molar-refractivity contribution in [1.82, 2.24) is 4.72 Å². The van der Waals surface area contributed by atoms with Crippen molar-refractivity contribution in [2.75, 3.05) is 19.0 Å². The number of ether oxygens (including phenoxy) is 1. The van der Waals surface area contributed by atoms with E-state index in [0.29, 0.717) is 10.6 Å². The first-order valence-corrected chi connectivity index (χ1v) is 11.0. The molecule has 0 fully saturated rings. The molecule has 0 amide bonds. The molecule has 0 aliphatic carbocycles. The summed E-state index contributed by atoms with van der Waals surface area (Å²) >= 11 is 5.85. The molecule has 1 atom stereocenters. The summed E-state index contributed by atoms with van der Waals surface area (Å²) < 4.78 is 32.7. The molecule has 0 bridgehead atoms. The van der Waals surface area contributed by atoms with Crippen molar-refractivity contribution >= 4 is 33.3 Å². The Morgan fingerprint density at radius 2 is 1.60 bits per heavy atom. The molecule has 156 valence electrons. The standard InChI is InChI=1S/C22H21ClN2O4S/c1-29-22(26)17-7-11-19(12-8-17)25-21(16-5-3-2-4-6-16)15-24-30(27,28)20-13-9-18(23)10-14-20/h2-14,21,24-25H,15H2,1H3/t21-/m1/s1. The molecule has 30 heavy (non-hydrogen) atoms. The second-order valence-electron chi connectivity index (χ2n) is 6.48. The number of carbonyl (C=O) groups excluding carboxylic acids is 1. The number of sulfonamides is 1. The first-order chi connectivity index (χ1) is 14.4. The molecule has 2 N–H and O–H groups in total. The largest absolute Gasteiger partial charge is 0.465 e. The second kappa shape index (κ2) is 9.75. The third kappa shape index (κ3) is 5.60. The van der Waals surface area contributed by atoms with Crippen LogP contribution in [0.1, 0.15) is 22.0 Å². The quantitative estimate of drug-likeness (QED) is 0.507. The topological polar surface area (TPSA) is 84.5 Å². The summed E-state index contributed by atoms with van der Waals surface area (Å²) in [7, 11) is -2.38. The molecule has 0 aromatic heterocycles. The number of hydrogen-bond acceptors (Lipinski definition) is 5. The summed E-state index contributed by atoms with van der Waals surface area (Å²) in [6, 6.07) is 21.9. The number of anilines is 1. The first kappa shape index (κ1) is 21.8. The zero-order valence-corrected chi connectivity index (χ0v) is 17.8. The van der Waals surface area contributed by atoms with Crippen molar-refractivity contribution in [3.63, 3.8) is 0 Å². The number of nitrogens with one attached hydrogen (secondary N) is 2. The Morgan fingerprint density at radius 3 is 2.20 bits per heavy atom. The number of rotatable bonds is 8. The number of halogens is 1. The highest BCUT2D eigenvalue weighted by Gasteiger charge is 2.18. The Hall–Kier alpha value is -2.87. The van der Waals surface area contributed by atoms with E-state index in [1.54, 1.807) is 24.3 Å². The van der Waals surface area contributed by atoms with Crippen LogP contribution in [0.5, 0.6) is 0 Å². The molecule has 0 saturated heterocycles. The van der Waals surface area contributed by atoms with Crippen LogP contribution in [0.4, 0.5) is 5.69 Å². The molecule has 0 saturated carbocycles. The number of benzene rings is 3. The maximum absolute atomic E-state index is 12.7. The molecular weight excluding hydrogens is 424 g/mol. The van der Waals surface area contributed by atoms with Crippen LogP contribution in [-0.4, -0.2) is 28.0 Å². The summed E-state index contributed by atoms with van der Waals surface area (Å²) in [6.07, 6.45) is 0. The minimum Gasteiger partial charge on any atom is -0.465 e. The van der Waals surface area contributed by atoms with Crippen LogP contribution in [-0.2, 0) is 14.8 Å². The van der Waals surface area contributed by atoms with Gasteiger partial charge in [-0.3, -0.25) is 0 Å². The molecule has 3 rings (SSSR count). The van der Waals surface area contributed by atoms with Crippen molar-refractivity contribution in [3.05, 3.63) is 95.0 Å². The van der Waals surface area contributed by atoms with Gasteiger partial charge in [0.15, 0.2) is 0 Å². The summed E-state index contributed by atoms with van der Waals surface area (Å²) in [6.45, 7) is 0.119. The number of carbonyl (C=O) groups is 1. The van der Waals surface area contributed by atoms with Gasteiger partial charge in [-0.2, -0.15) is 0 Å². The Morgan fingerprint density at radius 1 is 0.967 bits per heavy atom. The van der Waals surface area contributed by atoms with Crippen LogP contribution in [0.25, 0.3) is 0 Å². The van der Waals surface area contributed by atoms with Gasteiger partial charge in [0.05, 0.1) is 23.6 Å². The molecule has 8 heteroatoms. The fourth-order valence-corrected chi connectivity index (χ4v) is 4.02. The maximum Gasteiger partial charge on any atom is 0.337 e. The highest BCUT2D eigenvalue weighted by molar-refractivity contribution is 7.89. The Labute approximate surface area is 180 Å². The lowest BCUT2D eigenvalue weighted by molar-refractivity contribution is 0.0600. The van der Waals surface area contributed by atoms with Gasteiger partial charge in [0.1, 0.15) is 0 Å². The highest BCUT2D eigenvalue weighted by Crippen LogP contribution is 2.21. The number of esters is 1. The van der Waals surface area contributed by atoms with Gasteiger partial charge >= 0.3 is 5.97 Å². The molecule has 0 unspecified atom stereocenters. The van der Waals surface area contributed by atoms with Gasteiger partial charge in [0.2, 0.25) is 10.0 Å². The SMILES string of the molecule is COC(=O)c1ccc(N[C@H](CNS(=O)(=O)c2ccc(Cl)cc2)c2ccccc2)cc1. The summed E-state index contributed by atoms with van der Waals surface area (Å²) in [5, 5.41) is 3.78. The van der Waals surface area contributed by atoms with Gasteiger partial charge in [0, 0.05) is 17.3 Å². The van der Waals surface area contributed by atoms with Gasteiger partial charge in [-0.15, -0.1) is 0 Å². The Kier molecular flexibility index (Phi) is 7.10. The van der Waals surface area contributed by atoms with Crippen molar-refractivity contribution in [1.29, 1.82) is 0 Å². The molecule has 0 heterocycles. The lowest BCUT2D eigenvalue weighted by Gasteiger charge is -2.21. The van der Waals surface area contributed by atoms with E-state index >= 15 is 0 Å². The third-order valence-electron chi connectivity index (χ3n) is 4.45. The van der Waals surface area contributed by atoms with Gasteiger partial charge in [-0.25, -0.2) is 17.9 Å². The smallest absolute Gasteiger partial charge is 0.337 e. The van der Waals surface area contributed by atoms with Gasteiger partial charge in [-0.05, 0) is 54.1 Å². The van der Waals surface area contributed by atoms with Crippen molar-refractivity contribution in [2.45, 2.75) is 10.9 Å². The normalized spacial score (nSPS) is 12.2. The monoisotopic (exact) mass is 444 g/mol. The zero-order chi connectivity index (χ0) is 21.6. The van der Waals surface area contributed by atoms with Crippen LogP contribution < -0.4 is 10.0 Å².